The molecule has 0 unspecified atom stereocenters. The van der Waals surface area contributed by atoms with Crippen molar-refractivity contribution in [3.8, 4) is 0 Å². The summed E-state index contributed by atoms with van der Waals surface area (Å²) in [5.41, 5.74) is 0. The smallest absolute Gasteiger partial charge is 0.377 e. The van der Waals surface area contributed by atoms with Crippen molar-refractivity contribution in [1.29, 1.82) is 0 Å². The highest BCUT2D eigenvalue weighted by atomic mass is 32.2. The van der Waals surface area contributed by atoms with Crippen molar-refractivity contribution in [2.45, 2.75) is 12.8 Å². The van der Waals surface area contributed by atoms with E-state index in [1.165, 1.54) is 0 Å². The predicted molar refractivity (Wildman–Crippen MR) is 50.5 cm³/mol. The molecule has 0 saturated carbocycles. The fourth-order valence-corrected chi connectivity index (χ4v) is 1.99. The van der Waals surface area contributed by atoms with Crippen LogP contribution < -0.4 is 0 Å². The second-order valence-corrected chi connectivity index (χ2v) is 4.40. The van der Waals surface area contributed by atoms with Crippen LogP contribution in [0.15, 0.2) is 0 Å². The Morgan fingerprint density at radius 2 is 2.07 bits per heavy atom. The lowest BCUT2D eigenvalue weighted by Gasteiger charge is -2.25. The highest BCUT2D eigenvalue weighted by Crippen LogP contribution is 2.14. The van der Waals surface area contributed by atoms with Crippen LogP contribution in [0, 0.1) is 0 Å². The first-order chi connectivity index (χ1) is 6.50. The molecule has 0 aromatic carbocycles. The average Bonchev–Trinajstić information content (AvgIpc) is 2.14. The molecule has 0 radical (unpaired) electrons. The van der Waals surface area contributed by atoms with Gasteiger partial charge >= 0.3 is 11.9 Å². The van der Waals surface area contributed by atoms with Crippen LogP contribution in [0.3, 0.4) is 0 Å². The summed E-state index contributed by atoms with van der Waals surface area (Å²) in [4.78, 5) is 12.6. The number of halogens is 2. The van der Waals surface area contributed by atoms with E-state index in [0.29, 0.717) is 6.92 Å². The SMILES string of the molecule is CC(F)(F)C(=O)OCN1CCSCC1. The molecule has 0 N–H and O–H groups in total. The van der Waals surface area contributed by atoms with Gasteiger partial charge in [-0.25, -0.2) is 4.79 Å². The van der Waals surface area contributed by atoms with Crippen molar-refractivity contribution in [2.24, 2.45) is 0 Å². The van der Waals surface area contributed by atoms with Crippen LogP contribution in [0.2, 0.25) is 0 Å². The topological polar surface area (TPSA) is 29.5 Å². The number of ether oxygens (including phenoxy) is 1. The molecule has 0 aliphatic carbocycles. The van der Waals surface area contributed by atoms with Gasteiger partial charge in [0.05, 0.1) is 0 Å². The van der Waals surface area contributed by atoms with E-state index in [-0.39, 0.29) is 6.73 Å². The summed E-state index contributed by atoms with van der Waals surface area (Å²) >= 11 is 1.81. The summed E-state index contributed by atoms with van der Waals surface area (Å²) in [6, 6.07) is 0. The number of rotatable bonds is 3. The van der Waals surface area contributed by atoms with Crippen molar-refractivity contribution >= 4 is 17.7 Å². The molecule has 6 heteroatoms. The predicted octanol–water partition coefficient (Wildman–Crippen LogP) is 1.19. The molecule has 1 fully saturated rings. The minimum Gasteiger partial charge on any atom is -0.445 e. The third-order valence-corrected chi connectivity index (χ3v) is 2.78. The number of thioether (sulfide) groups is 1. The van der Waals surface area contributed by atoms with Gasteiger partial charge in [0.15, 0.2) is 0 Å². The van der Waals surface area contributed by atoms with Crippen molar-refractivity contribution < 1.29 is 18.3 Å². The minimum atomic E-state index is -3.38. The van der Waals surface area contributed by atoms with Crippen molar-refractivity contribution in [2.75, 3.05) is 31.3 Å². The summed E-state index contributed by atoms with van der Waals surface area (Å²) in [7, 11) is 0. The first-order valence-electron chi connectivity index (χ1n) is 4.35. The third-order valence-electron chi connectivity index (χ3n) is 1.84. The van der Waals surface area contributed by atoms with E-state index >= 15 is 0 Å². The largest absolute Gasteiger partial charge is 0.445 e. The number of esters is 1. The molecule has 0 bridgehead atoms. The Bertz CT molecular complexity index is 202. The second kappa shape index (κ2) is 4.93. The van der Waals surface area contributed by atoms with Crippen LogP contribution in [0.25, 0.3) is 0 Å². The first-order valence-corrected chi connectivity index (χ1v) is 5.51. The lowest BCUT2D eigenvalue weighted by Crippen LogP contribution is -2.38. The molecule has 14 heavy (non-hydrogen) atoms. The van der Waals surface area contributed by atoms with Crippen LogP contribution in [-0.4, -0.2) is 48.1 Å². The Kier molecular flexibility index (Phi) is 4.12. The fraction of sp³-hybridized carbons (Fsp3) is 0.875. The van der Waals surface area contributed by atoms with Crippen LogP contribution >= 0.6 is 11.8 Å². The molecule has 1 rings (SSSR count). The Morgan fingerprint density at radius 3 is 2.57 bits per heavy atom. The maximum absolute atomic E-state index is 12.4. The maximum atomic E-state index is 12.4. The zero-order valence-corrected chi connectivity index (χ0v) is 8.78. The van der Waals surface area contributed by atoms with Gasteiger partial charge in [-0.05, 0) is 0 Å². The number of carbonyl (C=O) groups is 1. The lowest BCUT2D eigenvalue weighted by atomic mass is 10.4. The van der Waals surface area contributed by atoms with Gasteiger partial charge in [0.25, 0.3) is 0 Å². The zero-order valence-electron chi connectivity index (χ0n) is 7.96. The minimum absolute atomic E-state index is 0.0250. The molecule has 82 valence electrons. The Labute approximate surface area is 85.8 Å². The van der Waals surface area contributed by atoms with E-state index in [2.05, 4.69) is 4.74 Å². The van der Waals surface area contributed by atoms with E-state index in [4.69, 9.17) is 0 Å². The summed E-state index contributed by atoms with van der Waals surface area (Å²) in [6.45, 7) is 2.09. The first kappa shape index (κ1) is 11.7. The van der Waals surface area contributed by atoms with Crippen LogP contribution in [0.1, 0.15) is 6.92 Å². The van der Waals surface area contributed by atoms with E-state index in [0.717, 1.165) is 24.6 Å². The molecular weight excluding hydrogens is 212 g/mol. The molecule has 3 nitrogen and oxygen atoms in total. The highest BCUT2D eigenvalue weighted by Gasteiger charge is 2.34. The highest BCUT2D eigenvalue weighted by molar-refractivity contribution is 7.99. The van der Waals surface area contributed by atoms with Crippen molar-refractivity contribution in [1.82, 2.24) is 4.90 Å². The third kappa shape index (κ3) is 3.79. The number of hydrogen-bond donors (Lipinski definition) is 0. The van der Waals surface area contributed by atoms with Gasteiger partial charge in [-0.3, -0.25) is 4.90 Å². The summed E-state index contributed by atoms with van der Waals surface area (Å²) in [6.07, 6.45) is 0. The summed E-state index contributed by atoms with van der Waals surface area (Å²) in [5.74, 6) is -2.92. The van der Waals surface area contributed by atoms with Crippen LogP contribution in [0.5, 0.6) is 0 Å². The van der Waals surface area contributed by atoms with Gasteiger partial charge in [0, 0.05) is 31.5 Å². The van der Waals surface area contributed by atoms with E-state index < -0.39 is 11.9 Å². The molecule has 1 heterocycles. The molecule has 1 aliphatic rings. The Morgan fingerprint density at radius 1 is 1.50 bits per heavy atom. The second-order valence-electron chi connectivity index (χ2n) is 3.18. The fourth-order valence-electron chi connectivity index (χ4n) is 1.01. The quantitative estimate of drug-likeness (QED) is 0.675. The zero-order chi connectivity index (χ0) is 10.6. The number of nitrogens with zero attached hydrogens (tertiary/aromatic N) is 1. The monoisotopic (exact) mass is 225 g/mol. The van der Waals surface area contributed by atoms with Gasteiger partial charge < -0.3 is 4.74 Å². The Balaban J connectivity index is 2.22. The normalized spacial score (nSPS) is 19.4. The molecular formula is C8H13F2NO2S. The average molecular weight is 225 g/mol. The van der Waals surface area contributed by atoms with Crippen molar-refractivity contribution in [3.63, 3.8) is 0 Å². The summed E-state index contributed by atoms with van der Waals surface area (Å²) in [5, 5.41) is 0. The molecule has 0 spiro atoms. The molecule has 0 amide bonds. The van der Waals surface area contributed by atoms with Gasteiger partial charge in [0.1, 0.15) is 6.73 Å². The molecule has 1 aliphatic heterocycles. The number of alkyl halides is 2. The van der Waals surface area contributed by atoms with Crippen molar-refractivity contribution in [3.05, 3.63) is 0 Å². The number of hydrogen-bond acceptors (Lipinski definition) is 4. The number of carbonyl (C=O) groups excluding carboxylic acids is 1. The van der Waals surface area contributed by atoms with Gasteiger partial charge in [0.2, 0.25) is 0 Å². The van der Waals surface area contributed by atoms with Crippen LogP contribution in [-0.2, 0) is 9.53 Å². The maximum Gasteiger partial charge on any atom is 0.377 e. The molecule has 0 atom stereocenters. The van der Waals surface area contributed by atoms with Gasteiger partial charge in [-0.2, -0.15) is 20.5 Å². The van der Waals surface area contributed by atoms with E-state index in [1.54, 1.807) is 0 Å². The molecule has 0 aromatic rings. The van der Waals surface area contributed by atoms with Gasteiger partial charge in [-0.15, -0.1) is 0 Å². The Hall–Kier alpha value is -0.360. The van der Waals surface area contributed by atoms with E-state index in [9.17, 15) is 13.6 Å². The standard InChI is InChI=1S/C8H13F2NO2S/c1-8(9,10)7(12)13-6-11-2-4-14-5-3-11/h2-6H2,1H3. The van der Waals surface area contributed by atoms with Gasteiger partial charge in [-0.1, -0.05) is 0 Å². The van der Waals surface area contributed by atoms with Crippen LogP contribution in [0.4, 0.5) is 8.78 Å². The molecule has 0 aromatic heterocycles. The lowest BCUT2D eigenvalue weighted by molar-refractivity contribution is -0.173. The summed E-state index contributed by atoms with van der Waals surface area (Å²) < 4.78 is 29.2. The molecule has 1 saturated heterocycles. The van der Waals surface area contributed by atoms with E-state index in [1.807, 2.05) is 16.7 Å².